The Morgan fingerprint density at radius 2 is 2.16 bits per heavy atom. The van der Waals surface area contributed by atoms with Crippen molar-refractivity contribution in [2.24, 2.45) is 7.05 Å². The number of fused-ring (bicyclic) bond motifs is 1. The number of imidazole rings is 1. The zero-order valence-corrected chi connectivity index (χ0v) is 11.1. The fourth-order valence-electron chi connectivity index (χ4n) is 2.28. The molecule has 0 fully saturated rings. The first-order chi connectivity index (χ1) is 9.29. The van der Waals surface area contributed by atoms with Gasteiger partial charge < -0.3 is 19.4 Å². The van der Waals surface area contributed by atoms with Gasteiger partial charge in [-0.15, -0.1) is 0 Å². The molecule has 3 rings (SSSR count). The Bertz CT molecular complexity index is 592. The van der Waals surface area contributed by atoms with Gasteiger partial charge in [0, 0.05) is 31.3 Å². The Hall–Kier alpha value is -2.01. The van der Waals surface area contributed by atoms with E-state index in [0.717, 1.165) is 35.7 Å². The molecule has 0 aliphatic carbocycles. The highest BCUT2D eigenvalue weighted by Gasteiger charge is 2.17. The van der Waals surface area contributed by atoms with Crippen LogP contribution in [0.2, 0.25) is 0 Å². The normalized spacial score (nSPS) is 12.9. The molecular weight excluding hydrogens is 242 g/mol. The molecule has 0 unspecified atom stereocenters. The van der Waals surface area contributed by atoms with Crippen LogP contribution in [0, 0.1) is 0 Å². The van der Waals surface area contributed by atoms with Crippen molar-refractivity contribution in [3.63, 3.8) is 0 Å². The average molecular weight is 259 g/mol. The molecule has 1 aromatic carbocycles. The van der Waals surface area contributed by atoms with Gasteiger partial charge in [0.25, 0.3) is 0 Å². The van der Waals surface area contributed by atoms with E-state index in [9.17, 15) is 0 Å². The Labute approximate surface area is 112 Å². The first-order valence-electron chi connectivity index (χ1n) is 6.34. The second-order valence-electron chi connectivity index (χ2n) is 4.57. The maximum atomic E-state index is 5.42. The van der Waals surface area contributed by atoms with Gasteiger partial charge in [0.1, 0.15) is 0 Å². The first-order valence-corrected chi connectivity index (χ1v) is 6.34. The molecule has 5 nitrogen and oxygen atoms in total. The maximum absolute atomic E-state index is 5.42. The minimum atomic E-state index is 0.299. The number of rotatable bonds is 4. The molecule has 0 atom stereocenters. The lowest BCUT2D eigenvalue weighted by Gasteiger charge is -2.06. The van der Waals surface area contributed by atoms with Gasteiger partial charge in [-0.25, -0.2) is 4.98 Å². The van der Waals surface area contributed by atoms with E-state index in [4.69, 9.17) is 9.47 Å². The number of aryl methyl sites for hydroxylation is 1. The van der Waals surface area contributed by atoms with Gasteiger partial charge in [0.2, 0.25) is 6.79 Å². The summed E-state index contributed by atoms with van der Waals surface area (Å²) in [6.07, 6.45) is 2.79. The van der Waals surface area contributed by atoms with Gasteiger partial charge >= 0.3 is 0 Å². The van der Waals surface area contributed by atoms with Crippen molar-refractivity contribution in [3.05, 3.63) is 30.2 Å². The third-order valence-corrected chi connectivity index (χ3v) is 3.32. The van der Waals surface area contributed by atoms with E-state index in [-0.39, 0.29) is 0 Å². The number of likely N-dealkylation sites (N-methyl/N-ethyl adjacent to an activating group) is 1. The van der Waals surface area contributed by atoms with Crippen LogP contribution in [0.4, 0.5) is 0 Å². The molecule has 1 aliphatic heterocycles. The molecule has 1 aromatic heterocycles. The van der Waals surface area contributed by atoms with Crippen molar-refractivity contribution >= 4 is 0 Å². The zero-order valence-electron chi connectivity index (χ0n) is 11.1. The summed E-state index contributed by atoms with van der Waals surface area (Å²) in [6.45, 7) is 1.23. The minimum absolute atomic E-state index is 0.299. The van der Waals surface area contributed by atoms with Crippen molar-refractivity contribution in [2.75, 3.05) is 20.4 Å². The summed E-state index contributed by atoms with van der Waals surface area (Å²) >= 11 is 0. The van der Waals surface area contributed by atoms with Crippen LogP contribution in [0.25, 0.3) is 11.3 Å². The fraction of sp³-hybridized carbons (Fsp3) is 0.357. The van der Waals surface area contributed by atoms with Crippen LogP contribution in [0.5, 0.6) is 11.5 Å². The van der Waals surface area contributed by atoms with E-state index in [2.05, 4.69) is 14.9 Å². The number of ether oxygens (including phenoxy) is 2. The standard InChI is InChI=1S/C14H17N3O2/c1-15-6-5-11-14(16-8-17(11)2)10-3-4-12-13(7-10)19-9-18-12/h3-4,7-8,15H,5-6,9H2,1-2H3. The van der Waals surface area contributed by atoms with Crippen LogP contribution in [0.3, 0.4) is 0 Å². The van der Waals surface area contributed by atoms with Gasteiger partial charge in [0.15, 0.2) is 11.5 Å². The molecule has 0 amide bonds. The largest absolute Gasteiger partial charge is 0.454 e. The molecule has 0 spiro atoms. The highest BCUT2D eigenvalue weighted by atomic mass is 16.7. The highest BCUT2D eigenvalue weighted by Crippen LogP contribution is 2.36. The molecule has 5 heteroatoms. The summed E-state index contributed by atoms with van der Waals surface area (Å²) in [6, 6.07) is 5.96. The molecule has 2 aromatic rings. The molecule has 0 radical (unpaired) electrons. The Balaban J connectivity index is 1.97. The lowest BCUT2D eigenvalue weighted by Crippen LogP contribution is -2.12. The van der Waals surface area contributed by atoms with Gasteiger partial charge in [-0.1, -0.05) is 0 Å². The van der Waals surface area contributed by atoms with Gasteiger partial charge in [-0.2, -0.15) is 0 Å². The predicted octanol–water partition coefficient (Wildman–Crippen LogP) is 1.58. The number of hydrogen-bond donors (Lipinski definition) is 1. The average Bonchev–Trinajstić information content (AvgIpc) is 3.02. The van der Waals surface area contributed by atoms with Crippen LogP contribution in [0.1, 0.15) is 5.69 Å². The molecule has 2 heterocycles. The zero-order chi connectivity index (χ0) is 13.2. The molecule has 19 heavy (non-hydrogen) atoms. The Morgan fingerprint density at radius 3 is 3.00 bits per heavy atom. The predicted molar refractivity (Wildman–Crippen MR) is 72.4 cm³/mol. The van der Waals surface area contributed by atoms with Crippen LogP contribution in [0.15, 0.2) is 24.5 Å². The molecule has 1 aliphatic rings. The van der Waals surface area contributed by atoms with E-state index in [1.807, 2.05) is 38.6 Å². The Kier molecular flexibility index (Phi) is 3.13. The van der Waals surface area contributed by atoms with Gasteiger partial charge in [-0.3, -0.25) is 0 Å². The van der Waals surface area contributed by atoms with Crippen molar-refractivity contribution in [1.82, 2.24) is 14.9 Å². The first kappa shape index (κ1) is 12.0. The molecule has 0 saturated heterocycles. The summed E-state index contributed by atoms with van der Waals surface area (Å²) in [5.74, 6) is 1.60. The second kappa shape index (κ2) is 4.93. The summed E-state index contributed by atoms with van der Waals surface area (Å²) in [5.41, 5.74) is 3.29. The monoisotopic (exact) mass is 259 g/mol. The third-order valence-electron chi connectivity index (χ3n) is 3.32. The minimum Gasteiger partial charge on any atom is -0.454 e. The van der Waals surface area contributed by atoms with Crippen molar-refractivity contribution in [1.29, 1.82) is 0 Å². The number of benzene rings is 1. The van der Waals surface area contributed by atoms with Crippen LogP contribution in [-0.2, 0) is 13.5 Å². The number of hydrogen-bond acceptors (Lipinski definition) is 4. The summed E-state index contributed by atoms with van der Waals surface area (Å²) in [4.78, 5) is 4.50. The smallest absolute Gasteiger partial charge is 0.231 e. The van der Waals surface area contributed by atoms with Gasteiger partial charge in [-0.05, 0) is 25.2 Å². The van der Waals surface area contributed by atoms with Crippen molar-refractivity contribution in [3.8, 4) is 22.8 Å². The lowest BCUT2D eigenvalue weighted by atomic mass is 10.1. The van der Waals surface area contributed by atoms with Crippen LogP contribution < -0.4 is 14.8 Å². The topological polar surface area (TPSA) is 48.3 Å². The van der Waals surface area contributed by atoms with E-state index >= 15 is 0 Å². The number of nitrogens with one attached hydrogen (secondary N) is 1. The van der Waals surface area contributed by atoms with Crippen molar-refractivity contribution < 1.29 is 9.47 Å². The van der Waals surface area contributed by atoms with E-state index in [0.29, 0.717) is 6.79 Å². The molecule has 0 bridgehead atoms. The summed E-state index contributed by atoms with van der Waals surface area (Å²) in [7, 11) is 3.98. The van der Waals surface area contributed by atoms with Gasteiger partial charge in [0.05, 0.1) is 12.0 Å². The lowest BCUT2D eigenvalue weighted by molar-refractivity contribution is 0.174. The number of aromatic nitrogens is 2. The number of nitrogens with zero attached hydrogens (tertiary/aromatic N) is 2. The van der Waals surface area contributed by atoms with E-state index in [1.54, 1.807) is 0 Å². The van der Waals surface area contributed by atoms with Crippen LogP contribution >= 0.6 is 0 Å². The quantitative estimate of drug-likeness (QED) is 0.905. The summed E-state index contributed by atoms with van der Waals surface area (Å²) in [5, 5.41) is 3.17. The molecule has 100 valence electrons. The Morgan fingerprint density at radius 1 is 1.32 bits per heavy atom. The second-order valence-corrected chi connectivity index (χ2v) is 4.57. The SMILES string of the molecule is CNCCc1c(-c2ccc3c(c2)OCO3)ncn1C. The van der Waals surface area contributed by atoms with E-state index in [1.165, 1.54) is 5.69 Å². The molecular formula is C14H17N3O2. The molecule has 1 N–H and O–H groups in total. The fourth-order valence-corrected chi connectivity index (χ4v) is 2.28. The third kappa shape index (κ3) is 2.17. The van der Waals surface area contributed by atoms with E-state index < -0.39 is 0 Å². The van der Waals surface area contributed by atoms with Crippen LogP contribution in [-0.4, -0.2) is 29.9 Å². The summed E-state index contributed by atoms with van der Waals surface area (Å²) < 4.78 is 12.8. The maximum Gasteiger partial charge on any atom is 0.231 e. The highest BCUT2D eigenvalue weighted by molar-refractivity contribution is 5.66. The molecule has 0 saturated carbocycles. The van der Waals surface area contributed by atoms with Crippen molar-refractivity contribution in [2.45, 2.75) is 6.42 Å².